The number of nitrogens with one attached hydrogen (secondary N) is 1. The number of amides is 1. The number of hydrogen-bond donors (Lipinski definition) is 1. The smallest absolute Gasteiger partial charge is 0.425 e. The molecular weight excluding hydrogens is 480 g/mol. The number of hydrogen-bond acceptors (Lipinski definition) is 4. The van der Waals surface area contributed by atoms with Crippen LogP contribution in [-0.4, -0.2) is 32.5 Å². The molecule has 0 fully saturated rings. The Balaban J connectivity index is 1.75. The molecule has 0 saturated carbocycles. The van der Waals surface area contributed by atoms with E-state index in [-0.39, 0.29) is 22.0 Å². The first-order valence-electron chi connectivity index (χ1n) is 10.4. The van der Waals surface area contributed by atoms with E-state index in [0.717, 1.165) is 36.6 Å². The zero-order valence-corrected chi connectivity index (χ0v) is 18.6. The highest BCUT2D eigenvalue weighted by Gasteiger charge is 2.38. The lowest BCUT2D eigenvalue weighted by molar-refractivity contribution is -0.189. The Morgan fingerprint density at radius 2 is 2.00 bits per heavy atom. The predicted molar refractivity (Wildman–Crippen MR) is 116 cm³/mol. The Morgan fingerprint density at radius 3 is 2.68 bits per heavy atom. The summed E-state index contributed by atoms with van der Waals surface area (Å²) in [5, 5.41) is 6.45. The summed E-state index contributed by atoms with van der Waals surface area (Å²) in [5.74, 6) is -1.65. The molecule has 3 aromatic rings. The molecule has 1 atom stereocenters. The summed E-state index contributed by atoms with van der Waals surface area (Å²) in [7, 11) is 0. The van der Waals surface area contributed by atoms with Gasteiger partial charge in [0.15, 0.2) is 6.10 Å². The van der Waals surface area contributed by atoms with E-state index in [2.05, 4.69) is 10.4 Å². The monoisotopic (exact) mass is 498 g/mol. The molecule has 0 aliphatic carbocycles. The molecule has 4 rings (SSSR count). The molecule has 0 bridgehead atoms. The SMILES string of the molecule is C[C@H](Oc1cc(-n2nc3n(c2=O)CCCC3)ccc1C(=O)Nc1c(F)cccc1Cl)C(F)(F)F. The van der Waals surface area contributed by atoms with Gasteiger partial charge in [0.2, 0.25) is 0 Å². The molecule has 1 N–H and O–H groups in total. The van der Waals surface area contributed by atoms with Crippen molar-refractivity contribution in [2.45, 2.75) is 45.0 Å². The van der Waals surface area contributed by atoms with Crippen LogP contribution in [-0.2, 0) is 13.0 Å². The molecule has 1 aliphatic heterocycles. The number of fused-ring (bicyclic) bond motifs is 1. The minimum atomic E-state index is -4.72. The van der Waals surface area contributed by atoms with Gasteiger partial charge in [0, 0.05) is 19.0 Å². The number of alkyl halides is 3. The van der Waals surface area contributed by atoms with Crippen molar-refractivity contribution < 1.29 is 27.1 Å². The average molecular weight is 499 g/mol. The second-order valence-corrected chi connectivity index (χ2v) is 8.16. The second-order valence-electron chi connectivity index (χ2n) is 7.75. The van der Waals surface area contributed by atoms with E-state index in [9.17, 15) is 27.2 Å². The lowest BCUT2D eigenvalue weighted by Crippen LogP contribution is -2.32. The Labute approximate surface area is 195 Å². The summed E-state index contributed by atoms with van der Waals surface area (Å²) in [5.41, 5.74) is -0.959. The number of aromatic nitrogens is 3. The van der Waals surface area contributed by atoms with Crippen molar-refractivity contribution in [1.82, 2.24) is 14.3 Å². The molecule has 34 heavy (non-hydrogen) atoms. The second kappa shape index (κ2) is 9.13. The van der Waals surface area contributed by atoms with Crippen LogP contribution in [0.4, 0.5) is 23.2 Å². The quantitative estimate of drug-likeness (QED) is 0.515. The molecule has 2 heterocycles. The maximum Gasteiger partial charge on any atom is 0.425 e. The van der Waals surface area contributed by atoms with Crippen LogP contribution >= 0.6 is 11.6 Å². The number of nitrogens with zero attached hydrogens (tertiary/aromatic N) is 3. The molecule has 1 aromatic heterocycles. The average Bonchev–Trinajstić information content (AvgIpc) is 3.12. The first kappa shape index (κ1) is 23.8. The fraction of sp³-hybridized carbons (Fsp3) is 0.318. The zero-order chi connectivity index (χ0) is 24.6. The van der Waals surface area contributed by atoms with Gasteiger partial charge in [-0.05, 0) is 44.0 Å². The minimum Gasteiger partial charge on any atom is -0.480 e. The van der Waals surface area contributed by atoms with Crippen LogP contribution in [0.5, 0.6) is 5.75 Å². The zero-order valence-electron chi connectivity index (χ0n) is 17.8. The maximum absolute atomic E-state index is 14.1. The molecule has 0 unspecified atom stereocenters. The van der Waals surface area contributed by atoms with Crippen LogP contribution in [0.2, 0.25) is 5.02 Å². The molecule has 12 heteroatoms. The van der Waals surface area contributed by atoms with Crippen molar-refractivity contribution in [1.29, 1.82) is 0 Å². The van der Waals surface area contributed by atoms with Gasteiger partial charge in [-0.3, -0.25) is 9.36 Å². The number of para-hydroxylation sites is 1. The lowest BCUT2D eigenvalue weighted by Gasteiger charge is -2.20. The summed E-state index contributed by atoms with van der Waals surface area (Å²) >= 11 is 5.93. The Hall–Kier alpha value is -3.34. The molecule has 1 amide bonds. The van der Waals surface area contributed by atoms with Gasteiger partial charge >= 0.3 is 11.9 Å². The highest BCUT2D eigenvalue weighted by atomic mass is 35.5. The van der Waals surface area contributed by atoms with Crippen LogP contribution in [0, 0.1) is 5.82 Å². The van der Waals surface area contributed by atoms with Crippen molar-refractivity contribution in [2.24, 2.45) is 0 Å². The lowest BCUT2D eigenvalue weighted by atomic mass is 10.1. The van der Waals surface area contributed by atoms with Gasteiger partial charge in [-0.25, -0.2) is 9.18 Å². The third-order valence-corrected chi connectivity index (χ3v) is 5.71. The molecule has 2 aromatic carbocycles. The number of aryl methyl sites for hydroxylation is 1. The van der Waals surface area contributed by atoms with E-state index >= 15 is 0 Å². The minimum absolute atomic E-state index is 0.0914. The molecular formula is C22H19ClF4N4O3. The number of halogens is 5. The van der Waals surface area contributed by atoms with E-state index in [1.807, 2.05) is 0 Å². The summed E-state index contributed by atoms with van der Waals surface area (Å²) in [6.07, 6.45) is -4.71. The van der Waals surface area contributed by atoms with E-state index in [0.29, 0.717) is 18.8 Å². The number of carbonyl (C=O) groups excluding carboxylic acids is 1. The highest BCUT2D eigenvalue weighted by Crippen LogP contribution is 2.31. The number of anilines is 1. The van der Waals surface area contributed by atoms with Crippen LogP contribution in [0.1, 0.15) is 35.9 Å². The van der Waals surface area contributed by atoms with Gasteiger partial charge in [0.05, 0.1) is 22.0 Å². The van der Waals surface area contributed by atoms with E-state index in [1.54, 1.807) is 0 Å². The summed E-state index contributed by atoms with van der Waals surface area (Å²) in [4.78, 5) is 25.6. The van der Waals surface area contributed by atoms with Gasteiger partial charge in [-0.2, -0.15) is 17.9 Å². The fourth-order valence-corrected chi connectivity index (χ4v) is 3.76. The Kier molecular flexibility index (Phi) is 6.39. The van der Waals surface area contributed by atoms with Crippen molar-refractivity contribution >= 4 is 23.2 Å². The largest absolute Gasteiger partial charge is 0.480 e. The van der Waals surface area contributed by atoms with Gasteiger partial charge in [-0.1, -0.05) is 17.7 Å². The number of rotatable bonds is 5. The molecule has 0 spiro atoms. The standard InChI is InChI=1S/C22H19ClF4N4O3/c1-12(22(25,26)27)34-17-11-13(31-21(33)30-10-3-2-7-18(30)29-31)8-9-14(17)20(32)28-19-15(23)5-4-6-16(19)24/h4-6,8-9,11-12H,2-3,7,10H2,1H3,(H,28,32)/t12-/m0/s1. The van der Waals surface area contributed by atoms with Crippen LogP contribution in [0.25, 0.3) is 5.69 Å². The van der Waals surface area contributed by atoms with Crippen LogP contribution in [0.15, 0.2) is 41.2 Å². The van der Waals surface area contributed by atoms with Gasteiger partial charge in [0.1, 0.15) is 17.4 Å². The van der Waals surface area contributed by atoms with Gasteiger partial charge in [-0.15, -0.1) is 5.10 Å². The molecule has 0 saturated heterocycles. The molecule has 180 valence electrons. The summed E-state index contributed by atoms with van der Waals surface area (Å²) in [6.45, 7) is 1.27. The summed E-state index contributed by atoms with van der Waals surface area (Å²) in [6, 6.07) is 7.41. The number of ether oxygens (including phenoxy) is 1. The Bertz CT molecular complexity index is 1280. The fourth-order valence-electron chi connectivity index (χ4n) is 3.55. The Morgan fingerprint density at radius 1 is 1.24 bits per heavy atom. The van der Waals surface area contributed by atoms with Gasteiger partial charge in [0.25, 0.3) is 5.91 Å². The van der Waals surface area contributed by atoms with Crippen molar-refractivity contribution in [3.05, 3.63) is 69.1 Å². The first-order valence-corrected chi connectivity index (χ1v) is 10.8. The van der Waals surface area contributed by atoms with Crippen molar-refractivity contribution in [3.8, 4) is 11.4 Å². The van der Waals surface area contributed by atoms with E-state index < -0.39 is 35.4 Å². The third kappa shape index (κ3) is 4.65. The highest BCUT2D eigenvalue weighted by molar-refractivity contribution is 6.34. The molecule has 7 nitrogen and oxygen atoms in total. The van der Waals surface area contributed by atoms with E-state index in [1.165, 1.54) is 28.8 Å². The maximum atomic E-state index is 14.1. The van der Waals surface area contributed by atoms with Crippen molar-refractivity contribution in [3.63, 3.8) is 0 Å². The predicted octanol–water partition coefficient (Wildman–Crippen LogP) is 4.74. The molecule has 1 aliphatic rings. The van der Waals surface area contributed by atoms with E-state index in [4.69, 9.17) is 16.3 Å². The van der Waals surface area contributed by atoms with Crippen molar-refractivity contribution in [2.75, 3.05) is 5.32 Å². The number of carbonyl (C=O) groups is 1. The van der Waals surface area contributed by atoms with Crippen LogP contribution < -0.4 is 15.7 Å². The first-order chi connectivity index (χ1) is 16.1. The third-order valence-electron chi connectivity index (χ3n) is 5.39. The number of benzene rings is 2. The topological polar surface area (TPSA) is 78.2 Å². The van der Waals surface area contributed by atoms with Gasteiger partial charge < -0.3 is 10.1 Å². The normalized spacial score (nSPS) is 14.4. The van der Waals surface area contributed by atoms with Crippen LogP contribution in [0.3, 0.4) is 0 Å². The summed E-state index contributed by atoms with van der Waals surface area (Å²) < 4.78 is 61.3. The molecule has 0 radical (unpaired) electrons.